The molecule has 0 aliphatic heterocycles. The van der Waals surface area contributed by atoms with Crippen molar-refractivity contribution in [1.82, 2.24) is 14.5 Å². The summed E-state index contributed by atoms with van der Waals surface area (Å²) in [5, 5.41) is 13.0. The quantitative estimate of drug-likeness (QED) is 0.354. The number of halogens is 1. The molecule has 9 heteroatoms. The lowest BCUT2D eigenvalue weighted by molar-refractivity contribution is 0.109. The van der Waals surface area contributed by atoms with Crippen molar-refractivity contribution in [2.45, 2.75) is 19.9 Å². The Balaban J connectivity index is 1.58. The van der Waals surface area contributed by atoms with Crippen molar-refractivity contribution < 1.29 is 13.9 Å². The standard InChI is InChI=1S/C25H22FN5O2S/c1-3-15-8-16(10-17(9-15)25(32)34)21-12-23(30-14-29-21)28-6-7-31-18(13-27)11-19-22(33-2)5-4-20(26)24(19)31/h4-5,8-12,14H,3,6-7H2,1-2H3,(H,32,34)(H,28,29,30). The first-order chi connectivity index (χ1) is 16.4. The van der Waals surface area contributed by atoms with Crippen molar-refractivity contribution in [2.75, 3.05) is 19.0 Å². The second-order valence-corrected chi connectivity index (χ2v) is 8.00. The van der Waals surface area contributed by atoms with Crippen LogP contribution in [0.2, 0.25) is 0 Å². The van der Waals surface area contributed by atoms with Crippen molar-refractivity contribution in [3.05, 3.63) is 71.4 Å². The molecular formula is C25H22FN5O2S. The smallest absolute Gasteiger partial charge is 0.216 e. The molecule has 4 aromatic rings. The summed E-state index contributed by atoms with van der Waals surface area (Å²) in [5.41, 5.74) is 3.61. The van der Waals surface area contributed by atoms with Gasteiger partial charge in [0.1, 0.15) is 35.5 Å². The van der Waals surface area contributed by atoms with Gasteiger partial charge in [-0.1, -0.05) is 6.92 Å². The maximum Gasteiger partial charge on any atom is 0.216 e. The van der Waals surface area contributed by atoms with Gasteiger partial charge in [0.15, 0.2) is 0 Å². The van der Waals surface area contributed by atoms with Gasteiger partial charge in [-0.15, -0.1) is 12.6 Å². The third-order valence-corrected chi connectivity index (χ3v) is 5.81. The Labute approximate surface area is 201 Å². The third-order valence-electron chi connectivity index (χ3n) is 5.56. The number of ether oxygens (including phenoxy) is 1. The van der Waals surface area contributed by atoms with Gasteiger partial charge in [0.2, 0.25) is 5.12 Å². The fourth-order valence-corrected chi connectivity index (χ4v) is 4.02. The number of methoxy groups -OCH3 is 1. The zero-order valence-electron chi connectivity index (χ0n) is 18.7. The number of nitrogens with zero attached hydrogens (tertiary/aromatic N) is 4. The van der Waals surface area contributed by atoms with Crippen molar-refractivity contribution in [2.24, 2.45) is 0 Å². The lowest BCUT2D eigenvalue weighted by Crippen LogP contribution is -2.13. The molecule has 0 amide bonds. The average molecular weight is 476 g/mol. The minimum atomic E-state index is -0.424. The van der Waals surface area contributed by atoms with Crippen LogP contribution < -0.4 is 10.1 Å². The van der Waals surface area contributed by atoms with E-state index in [1.807, 2.05) is 19.1 Å². The Morgan fingerprint density at radius 2 is 2.06 bits per heavy atom. The van der Waals surface area contributed by atoms with E-state index in [0.29, 0.717) is 52.5 Å². The third kappa shape index (κ3) is 4.58. The topological polar surface area (TPSA) is 92.8 Å². The zero-order chi connectivity index (χ0) is 24.2. The van der Waals surface area contributed by atoms with E-state index >= 15 is 0 Å². The molecule has 7 nitrogen and oxygen atoms in total. The predicted molar refractivity (Wildman–Crippen MR) is 132 cm³/mol. The average Bonchev–Trinajstić information content (AvgIpc) is 3.23. The SMILES string of the molecule is CCc1cc(C(=O)S)cc(-c2cc(NCCn3c(C#N)cc4c(OC)ccc(F)c43)ncn2)c1. The molecule has 0 aliphatic carbocycles. The summed E-state index contributed by atoms with van der Waals surface area (Å²) in [6, 6.07) is 14.0. The lowest BCUT2D eigenvalue weighted by Gasteiger charge is -2.11. The Hall–Kier alpha value is -3.90. The molecule has 0 saturated carbocycles. The molecule has 2 aromatic carbocycles. The van der Waals surface area contributed by atoms with Crippen molar-refractivity contribution in [1.29, 1.82) is 5.26 Å². The number of benzene rings is 2. The minimum Gasteiger partial charge on any atom is -0.496 e. The molecule has 0 saturated heterocycles. The highest BCUT2D eigenvalue weighted by Gasteiger charge is 2.16. The maximum atomic E-state index is 14.6. The first kappa shape index (κ1) is 23.3. The van der Waals surface area contributed by atoms with E-state index in [1.165, 1.54) is 19.5 Å². The summed E-state index contributed by atoms with van der Waals surface area (Å²) >= 11 is 3.95. The number of nitrogens with one attached hydrogen (secondary N) is 1. The summed E-state index contributed by atoms with van der Waals surface area (Å²) in [4.78, 5) is 20.4. The number of carbonyl (C=O) groups excluding carboxylic acids is 1. The predicted octanol–water partition coefficient (Wildman–Crippen LogP) is 4.86. The van der Waals surface area contributed by atoms with E-state index in [2.05, 4.69) is 34.0 Å². The van der Waals surface area contributed by atoms with Gasteiger partial charge in [0, 0.05) is 35.7 Å². The summed E-state index contributed by atoms with van der Waals surface area (Å²) in [5.74, 6) is 0.652. The Morgan fingerprint density at radius 3 is 2.76 bits per heavy atom. The fraction of sp³-hybridized carbons (Fsp3) is 0.200. The van der Waals surface area contributed by atoms with Crippen molar-refractivity contribution >= 4 is 34.5 Å². The van der Waals surface area contributed by atoms with Gasteiger partial charge in [-0.25, -0.2) is 14.4 Å². The Morgan fingerprint density at radius 1 is 1.24 bits per heavy atom. The van der Waals surface area contributed by atoms with E-state index in [1.54, 1.807) is 28.8 Å². The molecule has 0 spiro atoms. The lowest BCUT2D eigenvalue weighted by atomic mass is 10.0. The molecule has 4 rings (SSSR count). The first-order valence-corrected chi connectivity index (χ1v) is 11.1. The van der Waals surface area contributed by atoms with Gasteiger partial charge in [0.25, 0.3) is 0 Å². The summed E-state index contributed by atoms with van der Waals surface area (Å²) in [6.45, 7) is 2.73. The van der Waals surface area contributed by atoms with Gasteiger partial charge in [0.05, 0.1) is 18.3 Å². The van der Waals surface area contributed by atoms with Crippen LogP contribution >= 0.6 is 12.6 Å². The van der Waals surface area contributed by atoms with Gasteiger partial charge >= 0.3 is 0 Å². The van der Waals surface area contributed by atoms with Crippen LogP contribution in [-0.4, -0.2) is 33.3 Å². The molecule has 1 N–H and O–H groups in total. The molecule has 0 aliphatic rings. The molecule has 2 heterocycles. The van der Waals surface area contributed by atoms with Gasteiger partial charge < -0.3 is 14.6 Å². The van der Waals surface area contributed by atoms with Gasteiger partial charge in [-0.3, -0.25) is 4.79 Å². The number of aromatic nitrogens is 3. The van der Waals surface area contributed by atoms with Crippen LogP contribution in [-0.2, 0) is 13.0 Å². The van der Waals surface area contributed by atoms with Crippen LogP contribution in [0.25, 0.3) is 22.2 Å². The number of rotatable bonds is 8. The molecular weight excluding hydrogens is 453 g/mol. The molecule has 0 atom stereocenters. The normalized spacial score (nSPS) is 10.8. The van der Waals surface area contributed by atoms with Crippen LogP contribution in [0.4, 0.5) is 10.2 Å². The van der Waals surface area contributed by atoms with E-state index in [0.717, 1.165) is 17.5 Å². The van der Waals surface area contributed by atoms with Crippen LogP contribution in [0.15, 0.2) is 48.8 Å². The first-order valence-electron chi connectivity index (χ1n) is 10.6. The van der Waals surface area contributed by atoms with E-state index < -0.39 is 5.82 Å². The molecule has 2 aromatic heterocycles. The number of thiol groups is 1. The number of carbonyl (C=O) groups is 1. The summed E-state index contributed by atoms with van der Waals surface area (Å²) in [7, 11) is 1.51. The maximum absolute atomic E-state index is 14.6. The number of nitriles is 1. The number of fused-ring (bicyclic) bond motifs is 1. The second kappa shape index (κ2) is 9.93. The molecule has 0 bridgehead atoms. The van der Waals surface area contributed by atoms with Crippen LogP contribution in [0.3, 0.4) is 0 Å². The zero-order valence-corrected chi connectivity index (χ0v) is 19.6. The van der Waals surface area contributed by atoms with Gasteiger partial charge in [-0.05, 0) is 48.4 Å². The summed E-state index contributed by atoms with van der Waals surface area (Å²) < 4.78 is 21.5. The van der Waals surface area contributed by atoms with Crippen LogP contribution in [0.5, 0.6) is 5.75 Å². The van der Waals surface area contributed by atoms with E-state index in [-0.39, 0.29) is 5.12 Å². The summed E-state index contributed by atoms with van der Waals surface area (Å²) in [6.07, 6.45) is 2.21. The van der Waals surface area contributed by atoms with Crippen LogP contribution in [0, 0.1) is 17.1 Å². The molecule has 172 valence electrons. The largest absolute Gasteiger partial charge is 0.496 e. The molecule has 0 radical (unpaired) electrons. The molecule has 0 unspecified atom stereocenters. The number of anilines is 1. The Bertz CT molecular complexity index is 1430. The minimum absolute atomic E-state index is 0.305. The number of hydrogen-bond donors (Lipinski definition) is 2. The van der Waals surface area contributed by atoms with Crippen LogP contribution in [0.1, 0.15) is 28.5 Å². The monoisotopic (exact) mass is 475 g/mol. The number of hydrogen-bond acceptors (Lipinski definition) is 6. The van der Waals surface area contributed by atoms with E-state index in [9.17, 15) is 14.4 Å². The fourth-order valence-electron chi connectivity index (χ4n) is 3.89. The highest BCUT2D eigenvalue weighted by Crippen LogP contribution is 2.31. The van der Waals surface area contributed by atoms with Gasteiger partial charge in [-0.2, -0.15) is 5.26 Å². The Kier molecular flexibility index (Phi) is 6.80. The van der Waals surface area contributed by atoms with E-state index in [4.69, 9.17) is 4.74 Å². The molecule has 34 heavy (non-hydrogen) atoms. The highest BCUT2D eigenvalue weighted by atomic mass is 32.1. The van der Waals surface area contributed by atoms with Crippen molar-refractivity contribution in [3.63, 3.8) is 0 Å². The highest BCUT2D eigenvalue weighted by molar-refractivity contribution is 7.97. The second-order valence-electron chi connectivity index (χ2n) is 7.60. The van der Waals surface area contributed by atoms with Crippen molar-refractivity contribution in [3.8, 4) is 23.1 Å². The molecule has 0 fully saturated rings. The number of aryl methyl sites for hydroxylation is 1.